The van der Waals surface area contributed by atoms with Crippen LogP contribution in [0, 0.1) is 0 Å². The van der Waals surface area contributed by atoms with Gasteiger partial charge in [-0.3, -0.25) is 4.79 Å². The van der Waals surface area contributed by atoms with Crippen LogP contribution in [0.25, 0.3) is 16.9 Å². The molecule has 3 rings (SSSR count). The molecule has 0 atom stereocenters. The summed E-state index contributed by atoms with van der Waals surface area (Å²) in [6.45, 7) is 0.500. The summed E-state index contributed by atoms with van der Waals surface area (Å²) in [4.78, 5) is 12.2. The molecular formula is C16H18N4O2. The summed E-state index contributed by atoms with van der Waals surface area (Å²) in [5, 5.41) is 4.42. The summed E-state index contributed by atoms with van der Waals surface area (Å²) in [5.74, 6) is 0.755. The molecule has 2 aromatic heterocycles. The Morgan fingerprint density at radius 2 is 2.09 bits per heavy atom. The van der Waals surface area contributed by atoms with Gasteiger partial charge in [-0.1, -0.05) is 12.1 Å². The first-order valence-electron chi connectivity index (χ1n) is 7.07. The summed E-state index contributed by atoms with van der Waals surface area (Å²) in [6, 6.07) is 11.1. The van der Waals surface area contributed by atoms with Gasteiger partial charge < -0.3 is 15.0 Å². The largest absolute Gasteiger partial charge is 0.497 e. The van der Waals surface area contributed by atoms with Crippen molar-refractivity contribution in [3.05, 3.63) is 52.4 Å². The van der Waals surface area contributed by atoms with Crippen LogP contribution in [0.5, 0.6) is 5.75 Å². The summed E-state index contributed by atoms with van der Waals surface area (Å²) in [6.07, 6.45) is 0.655. The van der Waals surface area contributed by atoms with Gasteiger partial charge in [-0.2, -0.15) is 9.61 Å². The highest BCUT2D eigenvalue weighted by molar-refractivity contribution is 5.65. The number of methoxy groups -OCH3 is 1. The Bertz CT molecular complexity index is 879. The standard InChI is InChI=1S/C16H18N4O2/c1-19-12(6-7-17)9-16(21)20-15(19)10-14(18-20)11-4-3-5-13(8-11)22-2/h3-5,8-10H,6-7,17H2,1-2H3. The van der Waals surface area contributed by atoms with Crippen molar-refractivity contribution in [1.82, 2.24) is 14.2 Å². The van der Waals surface area contributed by atoms with Crippen LogP contribution in [0.15, 0.2) is 41.2 Å². The molecule has 6 nitrogen and oxygen atoms in total. The van der Waals surface area contributed by atoms with Crippen LogP contribution in [0.3, 0.4) is 0 Å². The molecule has 2 heterocycles. The predicted molar refractivity (Wildman–Crippen MR) is 85.2 cm³/mol. The van der Waals surface area contributed by atoms with E-state index < -0.39 is 0 Å². The van der Waals surface area contributed by atoms with E-state index in [4.69, 9.17) is 10.5 Å². The molecule has 0 aliphatic carbocycles. The van der Waals surface area contributed by atoms with Crippen LogP contribution in [-0.2, 0) is 13.5 Å². The number of hydrogen-bond donors (Lipinski definition) is 1. The summed E-state index contributed by atoms with van der Waals surface area (Å²) < 4.78 is 8.59. The lowest BCUT2D eigenvalue weighted by molar-refractivity contribution is 0.415. The van der Waals surface area contributed by atoms with E-state index in [2.05, 4.69) is 5.10 Å². The number of hydrogen-bond acceptors (Lipinski definition) is 4. The van der Waals surface area contributed by atoms with Crippen LogP contribution in [0.4, 0.5) is 0 Å². The maximum absolute atomic E-state index is 12.2. The molecule has 0 bridgehead atoms. The van der Waals surface area contributed by atoms with Crippen molar-refractivity contribution >= 4 is 5.65 Å². The van der Waals surface area contributed by atoms with E-state index in [0.29, 0.717) is 13.0 Å². The number of aromatic nitrogens is 3. The van der Waals surface area contributed by atoms with Gasteiger partial charge in [0.25, 0.3) is 5.56 Å². The quantitative estimate of drug-likeness (QED) is 0.785. The SMILES string of the molecule is COc1cccc(-c2cc3n(C)c(CCN)cc(=O)n3n2)c1. The molecule has 0 spiro atoms. The van der Waals surface area contributed by atoms with Gasteiger partial charge in [-0.25, -0.2) is 0 Å². The van der Waals surface area contributed by atoms with Crippen molar-refractivity contribution in [2.24, 2.45) is 12.8 Å². The van der Waals surface area contributed by atoms with Crippen molar-refractivity contribution in [1.29, 1.82) is 0 Å². The highest BCUT2D eigenvalue weighted by Crippen LogP contribution is 2.23. The Hall–Kier alpha value is -2.60. The third-order valence-corrected chi connectivity index (χ3v) is 3.73. The first kappa shape index (κ1) is 14.3. The van der Waals surface area contributed by atoms with Gasteiger partial charge in [-0.05, 0) is 18.7 Å². The first-order chi connectivity index (χ1) is 10.6. The molecule has 3 aromatic rings. The second-order valence-corrected chi connectivity index (χ2v) is 5.10. The van der Waals surface area contributed by atoms with E-state index >= 15 is 0 Å². The Balaban J connectivity index is 2.19. The maximum Gasteiger partial charge on any atom is 0.274 e. The lowest BCUT2D eigenvalue weighted by Gasteiger charge is -2.08. The number of nitrogens with two attached hydrogens (primary N) is 1. The minimum atomic E-state index is -0.148. The molecule has 0 fully saturated rings. The number of fused-ring (bicyclic) bond motifs is 1. The lowest BCUT2D eigenvalue weighted by atomic mass is 10.1. The van der Waals surface area contributed by atoms with Crippen molar-refractivity contribution < 1.29 is 4.74 Å². The Labute approximate surface area is 127 Å². The molecule has 0 radical (unpaired) electrons. The summed E-state index contributed by atoms with van der Waals surface area (Å²) in [5.41, 5.74) is 8.74. The van der Waals surface area contributed by atoms with Crippen LogP contribution in [0.1, 0.15) is 5.69 Å². The summed E-state index contributed by atoms with van der Waals surface area (Å²) in [7, 11) is 3.54. The second-order valence-electron chi connectivity index (χ2n) is 5.10. The number of rotatable bonds is 4. The van der Waals surface area contributed by atoms with E-state index in [1.54, 1.807) is 13.2 Å². The Morgan fingerprint density at radius 3 is 2.82 bits per heavy atom. The van der Waals surface area contributed by atoms with Gasteiger partial charge in [0.15, 0.2) is 0 Å². The molecule has 0 aliphatic rings. The number of aryl methyl sites for hydroxylation is 1. The molecular weight excluding hydrogens is 280 g/mol. The summed E-state index contributed by atoms with van der Waals surface area (Å²) >= 11 is 0. The normalized spacial score (nSPS) is 11.0. The molecule has 0 aliphatic heterocycles. The third kappa shape index (κ3) is 2.37. The van der Waals surface area contributed by atoms with Crippen molar-refractivity contribution in [2.45, 2.75) is 6.42 Å². The molecule has 114 valence electrons. The van der Waals surface area contributed by atoms with Crippen molar-refractivity contribution in [3.8, 4) is 17.0 Å². The van der Waals surface area contributed by atoms with Gasteiger partial charge in [0.05, 0.1) is 12.8 Å². The fourth-order valence-corrected chi connectivity index (χ4v) is 2.53. The number of nitrogens with zero attached hydrogens (tertiary/aromatic N) is 3. The van der Waals surface area contributed by atoms with E-state index in [9.17, 15) is 4.79 Å². The predicted octanol–water partition coefficient (Wildman–Crippen LogP) is 1.21. The van der Waals surface area contributed by atoms with Gasteiger partial charge in [0.2, 0.25) is 0 Å². The van der Waals surface area contributed by atoms with Crippen LogP contribution in [0.2, 0.25) is 0 Å². The molecule has 0 amide bonds. The van der Waals surface area contributed by atoms with E-state index in [1.165, 1.54) is 4.52 Å². The molecule has 6 heteroatoms. The average molecular weight is 298 g/mol. The average Bonchev–Trinajstić information content (AvgIpc) is 2.99. The molecule has 0 unspecified atom stereocenters. The van der Waals surface area contributed by atoms with Gasteiger partial charge in [0, 0.05) is 36.9 Å². The van der Waals surface area contributed by atoms with Gasteiger partial charge >= 0.3 is 0 Å². The fourth-order valence-electron chi connectivity index (χ4n) is 2.53. The number of benzene rings is 1. The maximum atomic E-state index is 12.2. The Kier molecular flexibility index (Phi) is 3.68. The Morgan fingerprint density at radius 1 is 1.27 bits per heavy atom. The minimum Gasteiger partial charge on any atom is -0.497 e. The van der Waals surface area contributed by atoms with Crippen LogP contribution >= 0.6 is 0 Å². The van der Waals surface area contributed by atoms with Crippen LogP contribution in [-0.4, -0.2) is 27.8 Å². The van der Waals surface area contributed by atoms with Gasteiger partial charge in [0.1, 0.15) is 11.4 Å². The molecule has 0 saturated heterocycles. The lowest BCUT2D eigenvalue weighted by Crippen LogP contribution is -2.21. The highest BCUT2D eigenvalue weighted by atomic mass is 16.5. The zero-order valence-electron chi connectivity index (χ0n) is 12.6. The van der Waals surface area contributed by atoms with Crippen molar-refractivity contribution in [2.75, 3.05) is 13.7 Å². The molecule has 22 heavy (non-hydrogen) atoms. The van der Waals surface area contributed by atoms with Crippen LogP contribution < -0.4 is 16.0 Å². The zero-order chi connectivity index (χ0) is 15.7. The third-order valence-electron chi connectivity index (χ3n) is 3.73. The van der Waals surface area contributed by atoms with Crippen molar-refractivity contribution in [3.63, 3.8) is 0 Å². The zero-order valence-corrected chi connectivity index (χ0v) is 12.6. The molecule has 1 aromatic carbocycles. The topological polar surface area (TPSA) is 74.5 Å². The minimum absolute atomic E-state index is 0.148. The molecule has 2 N–H and O–H groups in total. The first-order valence-corrected chi connectivity index (χ1v) is 7.07. The smallest absolute Gasteiger partial charge is 0.274 e. The van der Waals surface area contributed by atoms with Gasteiger partial charge in [-0.15, -0.1) is 0 Å². The number of ether oxygens (including phenoxy) is 1. The second kappa shape index (κ2) is 5.65. The van der Waals surface area contributed by atoms with E-state index in [-0.39, 0.29) is 5.56 Å². The molecule has 0 saturated carbocycles. The van der Waals surface area contributed by atoms with E-state index in [0.717, 1.165) is 28.3 Å². The van der Waals surface area contributed by atoms with E-state index in [1.807, 2.05) is 41.9 Å². The fraction of sp³-hybridized carbons (Fsp3) is 0.250. The monoisotopic (exact) mass is 298 g/mol. The highest BCUT2D eigenvalue weighted by Gasteiger charge is 2.11.